The highest BCUT2D eigenvalue weighted by Gasteiger charge is 2.38. The summed E-state index contributed by atoms with van der Waals surface area (Å²) in [6.07, 6.45) is 1.69. The van der Waals surface area contributed by atoms with Gasteiger partial charge in [0.2, 0.25) is 10.0 Å². The topological polar surface area (TPSA) is 75.7 Å². The van der Waals surface area contributed by atoms with Gasteiger partial charge >= 0.3 is 5.97 Å². The Bertz CT molecular complexity index is 628. The molecule has 1 aromatic carbocycles. The maximum atomic E-state index is 12.8. The van der Waals surface area contributed by atoms with E-state index in [0.717, 1.165) is 18.4 Å². The molecule has 0 aliphatic carbocycles. The number of carbonyl (C=O) groups excluding carboxylic acids is 1. The lowest BCUT2D eigenvalue weighted by Crippen LogP contribution is -2.57. The van der Waals surface area contributed by atoms with Gasteiger partial charge in [0.25, 0.3) is 0 Å². The zero-order chi connectivity index (χ0) is 16.9. The van der Waals surface area contributed by atoms with Crippen molar-refractivity contribution in [1.29, 1.82) is 0 Å². The second kappa shape index (κ2) is 7.90. The van der Waals surface area contributed by atoms with Crippen molar-refractivity contribution in [2.75, 3.05) is 26.2 Å². The van der Waals surface area contributed by atoms with E-state index in [2.05, 4.69) is 5.32 Å². The molecule has 1 saturated heterocycles. The number of esters is 1. The van der Waals surface area contributed by atoms with E-state index < -0.39 is 22.0 Å². The number of hydrogen-bond acceptors (Lipinski definition) is 5. The Morgan fingerprint density at radius 2 is 2.04 bits per heavy atom. The molecule has 1 atom stereocenters. The van der Waals surface area contributed by atoms with Gasteiger partial charge < -0.3 is 10.1 Å². The number of carbonyl (C=O) groups is 1. The number of benzene rings is 1. The number of nitrogens with zero attached hydrogens (tertiary/aromatic N) is 1. The lowest BCUT2D eigenvalue weighted by atomic mass is 10.2. The molecule has 1 fully saturated rings. The van der Waals surface area contributed by atoms with Crippen LogP contribution in [0.5, 0.6) is 0 Å². The summed E-state index contributed by atoms with van der Waals surface area (Å²) in [4.78, 5) is 12.5. The molecule has 1 N–H and O–H groups in total. The number of sulfonamides is 1. The Labute approximate surface area is 137 Å². The average Bonchev–Trinajstić information content (AvgIpc) is 2.55. The summed E-state index contributed by atoms with van der Waals surface area (Å²) < 4.78 is 32.1. The van der Waals surface area contributed by atoms with E-state index in [1.54, 1.807) is 24.3 Å². The van der Waals surface area contributed by atoms with Gasteiger partial charge in [0.15, 0.2) is 0 Å². The molecule has 1 aliphatic heterocycles. The van der Waals surface area contributed by atoms with Crippen LogP contribution in [-0.2, 0) is 19.6 Å². The molecule has 0 amide bonds. The van der Waals surface area contributed by atoms with Crippen LogP contribution >= 0.6 is 0 Å². The van der Waals surface area contributed by atoms with Crippen LogP contribution in [0.4, 0.5) is 0 Å². The summed E-state index contributed by atoms with van der Waals surface area (Å²) >= 11 is 0. The number of hydrogen-bond donors (Lipinski definition) is 1. The highest BCUT2D eigenvalue weighted by Crippen LogP contribution is 2.20. The molecule has 1 aliphatic rings. The Morgan fingerprint density at radius 1 is 1.35 bits per heavy atom. The zero-order valence-corrected chi connectivity index (χ0v) is 14.4. The Kier molecular flexibility index (Phi) is 6.15. The largest absolute Gasteiger partial charge is 0.464 e. The first-order valence-corrected chi connectivity index (χ1v) is 9.36. The third-order valence-electron chi connectivity index (χ3n) is 3.84. The van der Waals surface area contributed by atoms with E-state index in [-0.39, 0.29) is 18.0 Å². The van der Waals surface area contributed by atoms with Gasteiger partial charge in [-0.05, 0) is 25.5 Å². The zero-order valence-electron chi connectivity index (χ0n) is 13.6. The SMILES string of the molecule is CCCCOC(=O)C1CNCCN1S(=O)(=O)c1ccc(C)cc1. The van der Waals surface area contributed by atoms with Gasteiger partial charge in [0.1, 0.15) is 6.04 Å². The lowest BCUT2D eigenvalue weighted by molar-refractivity contribution is -0.148. The minimum absolute atomic E-state index is 0.205. The molecule has 1 unspecified atom stereocenters. The molecule has 0 radical (unpaired) electrons. The van der Waals surface area contributed by atoms with E-state index >= 15 is 0 Å². The van der Waals surface area contributed by atoms with Crippen LogP contribution in [0.15, 0.2) is 29.2 Å². The van der Waals surface area contributed by atoms with Crippen LogP contribution in [0, 0.1) is 6.92 Å². The lowest BCUT2D eigenvalue weighted by Gasteiger charge is -2.33. The minimum Gasteiger partial charge on any atom is -0.464 e. The fourth-order valence-electron chi connectivity index (χ4n) is 2.43. The van der Waals surface area contributed by atoms with Crippen molar-refractivity contribution >= 4 is 16.0 Å². The van der Waals surface area contributed by atoms with Crippen molar-refractivity contribution in [2.24, 2.45) is 0 Å². The van der Waals surface area contributed by atoms with E-state index in [4.69, 9.17) is 4.74 Å². The minimum atomic E-state index is -3.71. The highest BCUT2D eigenvalue weighted by atomic mass is 32.2. The predicted octanol–water partition coefficient (Wildman–Crippen LogP) is 1.30. The monoisotopic (exact) mass is 340 g/mol. The number of piperazine rings is 1. The van der Waals surface area contributed by atoms with Gasteiger partial charge in [0.05, 0.1) is 11.5 Å². The van der Waals surface area contributed by atoms with Crippen LogP contribution in [0.25, 0.3) is 0 Å². The molecule has 7 heteroatoms. The number of aryl methyl sites for hydroxylation is 1. The van der Waals surface area contributed by atoms with Crippen molar-refractivity contribution < 1.29 is 17.9 Å². The van der Waals surface area contributed by atoms with Crippen LogP contribution < -0.4 is 5.32 Å². The average molecular weight is 340 g/mol. The van der Waals surface area contributed by atoms with E-state index in [0.29, 0.717) is 13.2 Å². The maximum absolute atomic E-state index is 12.8. The predicted molar refractivity (Wildman–Crippen MR) is 87.6 cm³/mol. The molecule has 2 rings (SSSR count). The van der Waals surface area contributed by atoms with Crippen LogP contribution in [0.3, 0.4) is 0 Å². The quantitative estimate of drug-likeness (QED) is 0.624. The molecular formula is C16H24N2O4S. The van der Waals surface area contributed by atoms with Gasteiger partial charge in [-0.3, -0.25) is 4.79 Å². The second-order valence-corrected chi connectivity index (χ2v) is 7.56. The van der Waals surface area contributed by atoms with Crippen molar-refractivity contribution in [1.82, 2.24) is 9.62 Å². The first-order chi connectivity index (χ1) is 11.0. The van der Waals surface area contributed by atoms with Crippen molar-refractivity contribution in [3.05, 3.63) is 29.8 Å². The second-order valence-electron chi connectivity index (χ2n) is 5.67. The molecule has 23 heavy (non-hydrogen) atoms. The fourth-order valence-corrected chi connectivity index (χ4v) is 4.01. The molecule has 6 nitrogen and oxygen atoms in total. The first kappa shape index (κ1) is 17.9. The summed E-state index contributed by atoms with van der Waals surface area (Å²) in [5.41, 5.74) is 0.986. The van der Waals surface area contributed by atoms with Gasteiger partial charge in [0, 0.05) is 19.6 Å². The summed E-state index contributed by atoms with van der Waals surface area (Å²) in [7, 11) is -3.71. The molecule has 0 bridgehead atoms. The molecule has 0 spiro atoms. The normalized spacial score (nSPS) is 19.5. The number of rotatable bonds is 6. The van der Waals surface area contributed by atoms with E-state index in [1.165, 1.54) is 4.31 Å². The number of ether oxygens (including phenoxy) is 1. The van der Waals surface area contributed by atoms with Gasteiger partial charge in [-0.1, -0.05) is 31.0 Å². The fraction of sp³-hybridized carbons (Fsp3) is 0.562. The molecule has 0 aromatic heterocycles. The third kappa shape index (κ3) is 4.31. The highest BCUT2D eigenvalue weighted by molar-refractivity contribution is 7.89. The molecule has 1 heterocycles. The van der Waals surface area contributed by atoms with Crippen molar-refractivity contribution in [3.8, 4) is 0 Å². The summed E-state index contributed by atoms with van der Waals surface area (Å²) in [5, 5.41) is 3.06. The Balaban J connectivity index is 2.19. The molecular weight excluding hydrogens is 316 g/mol. The summed E-state index contributed by atoms with van der Waals surface area (Å²) in [5.74, 6) is -0.485. The maximum Gasteiger partial charge on any atom is 0.325 e. The number of unbranched alkanes of at least 4 members (excludes halogenated alkanes) is 1. The third-order valence-corrected chi connectivity index (χ3v) is 5.76. The smallest absolute Gasteiger partial charge is 0.325 e. The number of nitrogens with one attached hydrogen (secondary N) is 1. The van der Waals surface area contributed by atoms with Crippen molar-refractivity contribution in [2.45, 2.75) is 37.6 Å². The Morgan fingerprint density at radius 3 is 2.70 bits per heavy atom. The summed E-state index contributed by atoms with van der Waals surface area (Å²) in [6.45, 7) is 5.27. The van der Waals surface area contributed by atoms with Crippen LogP contribution in [-0.4, -0.2) is 51.0 Å². The summed E-state index contributed by atoms with van der Waals surface area (Å²) in [6, 6.07) is 5.85. The molecule has 128 valence electrons. The van der Waals surface area contributed by atoms with Crippen LogP contribution in [0.1, 0.15) is 25.3 Å². The van der Waals surface area contributed by atoms with Gasteiger partial charge in [-0.2, -0.15) is 4.31 Å². The first-order valence-electron chi connectivity index (χ1n) is 7.92. The Hall–Kier alpha value is -1.44. The van der Waals surface area contributed by atoms with Gasteiger partial charge in [-0.15, -0.1) is 0 Å². The van der Waals surface area contributed by atoms with Gasteiger partial charge in [-0.25, -0.2) is 8.42 Å². The van der Waals surface area contributed by atoms with Crippen LogP contribution in [0.2, 0.25) is 0 Å². The standard InChI is InChI=1S/C16H24N2O4S/c1-3-4-11-22-16(19)15-12-17-9-10-18(15)23(20,21)14-7-5-13(2)6-8-14/h5-8,15,17H,3-4,9-12H2,1-2H3. The molecule has 1 aromatic rings. The van der Waals surface area contributed by atoms with E-state index in [9.17, 15) is 13.2 Å². The molecule has 0 saturated carbocycles. The van der Waals surface area contributed by atoms with E-state index in [1.807, 2.05) is 13.8 Å². The van der Waals surface area contributed by atoms with Crippen molar-refractivity contribution in [3.63, 3.8) is 0 Å².